The lowest BCUT2D eigenvalue weighted by molar-refractivity contribution is 0.0594. The van der Waals surface area contributed by atoms with E-state index in [1.165, 1.54) is 9.71 Å². The van der Waals surface area contributed by atoms with E-state index in [1.807, 2.05) is 42.5 Å². The Labute approximate surface area is 179 Å². The molecule has 4 rings (SSSR count). The van der Waals surface area contributed by atoms with Gasteiger partial charge in [-0.3, -0.25) is 0 Å². The SMILES string of the molecule is COc1ccc(OCC(O)CN2CCC(c3nc4cc(Cl)ccc4s3)CC2)cc1. The van der Waals surface area contributed by atoms with Crippen LogP contribution in [-0.2, 0) is 0 Å². The van der Waals surface area contributed by atoms with Gasteiger partial charge in [0.15, 0.2) is 0 Å². The van der Waals surface area contributed by atoms with Crippen LogP contribution in [0.2, 0.25) is 5.02 Å². The minimum Gasteiger partial charge on any atom is -0.497 e. The van der Waals surface area contributed by atoms with E-state index < -0.39 is 6.10 Å². The first-order valence-electron chi connectivity index (χ1n) is 9.84. The highest BCUT2D eigenvalue weighted by atomic mass is 35.5. The number of halogens is 1. The number of aliphatic hydroxyl groups is 1. The number of aromatic nitrogens is 1. The third kappa shape index (κ3) is 5.20. The molecule has 154 valence electrons. The van der Waals surface area contributed by atoms with Crippen molar-refractivity contribution in [3.8, 4) is 11.5 Å². The molecule has 1 fully saturated rings. The Balaban J connectivity index is 1.24. The highest BCUT2D eigenvalue weighted by Crippen LogP contribution is 2.34. The number of nitrogens with zero attached hydrogens (tertiary/aromatic N) is 2. The summed E-state index contributed by atoms with van der Waals surface area (Å²) in [7, 11) is 1.63. The number of hydrogen-bond acceptors (Lipinski definition) is 6. The molecular weight excluding hydrogens is 408 g/mol. The number of β-amino-alcohol motifs (C(OH)–C–C–N with tert-alkyl or cyclic N) is 1. The lowest BCUT2D eigenvalue weighted by Gasteiger charge is -2.32. The molecule has 0 radical (unpaired) electrons. The van der Waals surface area contributed by atoms with Crippen molar-refractivity contribution in [1.82, 2.24) is 9.88 Å². The van der Waals surface area contributed by atoms with Crippen LogP contribution in [0.1, 0.15) is 23.8 Å². The van der Waals surface area contributed by atoms with E-state index in [9.17, 15) is 5.11 Å². The zero-order valence-electron chi connectivity index (χ0n) is 16.4. The molecule has 0 aliphatic carbocycles. The van der Waals surface area contributed by atoms with Gasteiger partial charge in [0.2, 0.25) is 0 Å². The molecule has 2 aromatic carbocycles. The van der Waals surface area contributed by atoms with Crippen molar-refractivity contribution < 1.29 is 14.6 Å². The molecule has 1 aromatic heterocycles. The standard InChI is InChI=1S/C22H25ClN2O3S/c1-27-18-3-5-19(6-4-18)28-14-17(26)13-25-10-8-15(9-11-25)22-24-20-12-16(23)2-7-21(20)29-22/h2-7,12,15,17,26H,8-11,13-14H2,1H3. The first-order valence-corrected chi connectivity index (χ1v) is 11.0. The summed E-state index contributed by atoms with van der Waals surface area (Å²) < 4.78 is 12.0. The van der Waals surface area contributed by atoms with Crippen molar-refractivity contribution in [2.75, 3.05) is 33.4 Å². The van der Waals surface area contributed by atoms with Crippen LogP contribution in [0.4, 0.5) is 0 Å². The largest absolute Gasteiger partial charge is 0.497 e. The van der Waals surface area contributed by atoms with Crippen molar-refractivity contribution in [2.45, 2.75) is 24.9 Å². The van der Waals surface area contributed by atoms with Crippen LogP contribution in [0.15, 0.2) is 42.5 Å². The summed E-state index contributed by atoms with van der Waals surface area (Å²) in [5.41, 5.74) is 0.992. The number of hydrogen-bond donors (Lipinski definition) is 1. The molecule has 1 aliphatic heterocycles. The van der Waals surface area contributed by atoms with Gasteiger partial charge in [-0.2, -0.15) is 0 Å². The number of aliphatic hydroxyl groups excluding tert-OH is 1. The van der Waals surface area contributed by atoms with E-state index >= 15 is 0 Å². The predicted octanol–water partition coefficient (Wildman–Crippen LogP) is 4.58. The zero-order valence-corrected chi connectivity index (χ0v) is 18.0. The molecule has 3 aromatic rings. The number of fused-ring (bicyclic) bond motifs is 1. The molecule has 0 amide bonds. The average molecular weight is 433 g/mol. The number of likely N-dealkylation sites (tertiary alicyclic amines) is 1. The van der Waals surface area contributed by atoms with Crippen molar-refractivity contribution in [1.29, 1.82) is 0 Å². The maximum Gasteiger partial charge on any atom is 0.119 e. The Bertz CT molecular complexity index is 939. The summed E-state index contributed by atoms with van der Waals surface area (Å²) in [5.74, 6) is 2.01. The molecule has 5 nitrogen and oxygen atoms in total. The summed E-state index contributed by atoms with van der Waals surface area (Å²) >= 11 is 7.85. The average Bonchev–Trinajstić information content (AvgIpc) is 3.16. The molecular formula is C22H25ClN2O3S. The number of benzene rings is 2. The number of methoxy groups -OCH3 is 1. The Morgan fingerprint density at radius 1 is 1.17 bits per heavy atom. The van der Waals surface area contributed by atoms with Crippen molar-refractivity contribution in [3.63, 3.8) is 0 Å². The van der Waals surface area contributed by atoms with E-state index in [0.717, 1.165) is 48.0 Å². The smallest absolute Gasteiger partial charge is 0.119 e. The number of ether oxygens (including phenoxy) is 2. The highest BCUT2D eigenvalue weighted by Gasteiger charge is 2.24. The minimum absolute atomic E-state index is 0.283. The minimum atomic E-state index is -0.516. The Morgan fingerprint density at radius 3 is 2.62 bits per heavy atom. The van der Waals surface area contributed by atoms with Crippen LogP contribution in [0.5, 0.6) is 11.5 Å². The second kappa shape index (κ2) is 9.30. The summed E-state index contributed by atoms with van der Waals surface area (Å²) in [6.07, 6.45) is 1.59. The van der Waals surface area contributed by atoms with Crippen LogP contribution < -0.4 is 9.47 Å². The first kappa shape index (κ1) is 20.4. The first-order chi connectivity index (χ1) is 14.1. The van der Waals surface area contributed by atoms with Crippen molar-refractivity contribution in [3.05, 3.63) is 52.5 Å². The van der Waals surface area contributed by atoms with Gasteiger partial charge in [0.25, 0.3) is 0 Å². The molecule has 0 saturated carbocycles. The van der Waals surface area contributed by atoms with Gasteiger partial charge in [-0.1, -0.05) is 11.6 Å². The molecule has 1 unspecified atom stereocenters. The third-order valence-electron chi connectivity index (χ3n) is 5.27. The Morgan fingerprint density at radius 2 is 1.90 bits per heavy atom. The van der Waals surface area contributed by atoms with E-state index in [1.54, 1.807) is 18.4 Å². The fourth-order valence-electron chi connectivity index (χ4n) is 3.67. The van der Waals surface area contributed by atoms with Gasteiger partial charge >= 0.3 is 0 Å². The maximum absolute atomic E-state index is 10.4. The molecule has 1 atom stereocenters. The summed E-state index contributed by atoms with van der Waals surface area (Å²) in [6, 6.07) is 13.3. The van der Waals surface area contributed by atoms with Gasteiger partial charge in [0, 0.05) is 17.5 Å². The molecule has 1 saturated heterocycles. The molecule has 0 bridgehead atoms. The fraction of sp³-hybridized carbons (Fsp3) is 0.409. The van der Waals surface area contributed by atoms with Gasteiger partial charge in [-0.25, -0.2) is 4.98 Å². The van der Waals surface area contributed by atoms with Gasteiger partial charge in [-0.15, -0.1) is 11.3 Å². The second-order valence-corrected chi connectivity index (χ2v) is 8.88. The molecule has 0 spiro atoms. The van der Waals surface area contributed by atoms with E-state index in [4.69, 9.17) is 26.1 Å². The summed E-state index contributed by atoms with van der Waals surface area (Å²) in [4.78, 5) is 7.10. The highest BCUT2D eigenvalue weighted by molar-refractivity contribution is 7.18. The molecule has 7 heteroatoms. The Kier molecular flexibility index (Phi) is 6.55. The van der Waals surface area contributed by atoms with E-state index in [-0.39, 0.29) is 6.61 Å². The predicted molar refractivity (Wildman–Crippen MR) is 118 cm³/mol. The number of thiazole rings is 1. The van der Waals surface area contributed by atoms with Crippen LogP contribution >= 0.6 is 22.9 Å². The normalized spacial score (nSPS) is 16.8. The fourth-order valence-corrected chi connectivity index (χ4v) is 4.95. The molecule has 1 N–H and O–H groups in total. The summed E-state index contributed by atoms with van der Waals surface area (Å²) in [5, 5.41) is 12.3. The monoisotopic (exact) mass is 432 g/mol. The molecule has 2 heterocycles. The lowest BCUT2D eigenvalue weighted by atomic mass is 9.97. The molecule has 1 aliphatic rings. The number of rotatable bonds is 7. The summed E-state index contributed by atoms with van der Waals surface area (Å²) in [6.45, 7) is 2.82. The topological polar surface area (TPSA) is 54.8 Å². The van der Waals surface area contributed by atoms with E-state index in [0.29, 0.717) is 12.5 Å². The van der Waals surface area contributed by atoms with Gasteiger partial charge in [0.05, 0.1) is 22.3 Å². The lowest BCUT2D eigenvalue weighted by Crippen LogP contribution is -2.40. The van der Waals surface area contributed by atoms with Gasteiger partial charge in [0.1, 0.15) is 24.2 Å². The van der Waals surface area contributed by atoms with Crippen molar-refractivity contribution in [2.24, 2.45) is 0 Å². The quantitative estimate of drug-likeness (QED) is 0.592. The van der Waals surface area contributed by atoms with Gasteiger partial charge in [-0.05, 0) is 68.4 Å². The van der Waals surface area contributed by atoms with Crippen LogP contribution in [0.3, 0.4) is 0 Å². The van der Waals surface area contributed by atoms with Crippen LogP contribution in [-0.4, -0.2) is 54.4 Å². The maximum atomic E-state index is 10.4. The van der Waals surface area contributed by atoms with Crippen molar-refractivity contribution >= 4 is 33.2 Å². The third-order valence-corrected chi connectivity index (χ3v) is 6.71. The molecule has 29 heavy (non-hydrogen) atoms. The van der Waals surface area contributed by atoms with Gasteiger partial charge < -0.3 is 19.5 Å². The number of piperidine rings is 1. The van der Waals surface area contributed by atoms with Crippen LogP contribution in [0, 0.1) is 0 Å². The van der Waals surface area contributed by atoms with E-state index in [2.05, 4.69) is 4.90 Å². The zero-order chi connectivity index (χ0) is 20.2. The Hall–Kier alpha value is -1.86. The second-order valence-electron chi connectivity index (χ2n) is 7.38. The van der Waals surface area contributed by atoms with Crippen LogP contribution in [0.25, 0.3) is 10.2 Å².